The van der Waals surface area contributed by atoms with Crippen LogP contribution in [0.1, 0.15) is 233 Å². The minimum Gasteiger partial charge on any atom is -0.462 e. The summed E-state index contributed by atoms with van der Waals surface area (Å²) in [5.74, 6) is -0.891. The highest BCUT2D eigenvalue weighted by atomic mass is 16.6. The Kier molecular flexibility index (Phi) is 43.0. The Labute approximate surface area is 346 Å². The quantitative estimate of drug-likeness (QED) is 0.0265. The molecule has 0 aliphatic heterocycles. The van der Waals surface area contributed by atoms with E-state index in [1.54, 1.807) is 0 Å². The highest BCUT2D eigenvalue weighted by molar-refractivity contribution is 5.71. The molecule has 0 radical (unpaired) electrons. The van der Waals surface area contributed by atoms with Gasteiger partial charge >= 0.3 is 17.9 Å². The molecule has 0 saturated carbocycles. The molecule has 6 nitrogen and oxygen atoms in total. The molecule has 6 heteroatoms. The average Bonchev–Trinajstić information content (AvgIpc) is 3.19. The third kappa shape index (κ3) is 42.5. The molecule has 0 aromatic rings. The highest BCUT2D eigenvalue weighted by Crippen LogP contribution is 2.15. The van der Waals surface area contributed by atoms with E-state index in [4.69, 9.17) is 14.2 Å². The van der Waals surface area contributed by atoms with E-state index in [-0.39, 0.29) is 31.1 Å². The molecule has 0 heterocycles. The summed E-state index contributed by atoms with van der Waals surface area (Å²) in [6, 6.07) is 0. The van der Waals surface area contributed by atoms with E-state index >= 15 is 0 Å². The Morgan fingerprint density at radius 3 is 1.09 bits per heavy atom. The van der Waals surface area contributed by atoms with Gasteiger partial charge < -0.3 is 14.2 Å². The second-order valence-electron chi connectivity index (χ2n) is 15.6. The van der Waals surface area contributed by atoms with Crippen molar-refractivity contribution in [2.45, 2.75) is 239 Å². The fourth-order valence-electron chi connectivity index (χ4n) is 6.55. The average molecular weight is 785 g/mol. The number of rotatable bonds is 42. The second-order valence-corrected chi connectivity index (χ2v) is 15.6. The normalized spacial score (nSPS) is 12.4. The van der Waals surface area contributed by atoms with Gasteiger partial charge in [0.25, 0.3) is 0 Å². The van der Waals surface area contributed by atoms with Crippen molar-refractivity contribution in [3.05, 3.63) is 48.6 Å². The first-order chi connectivity index (χ1) is 27.5. The molecule has 0 aromatic heterocycles. The van der Waals surface area contributed by atoms with Crippen LogP contribution in [0.2, 0.25) is 0 Å². The van der Waals surface area contributed by atoms with Gasteiger partial charge in [0.05, 0.1) is 0 Å². The molecule has 1 unspecified atom stereocenters. The van der Waals surface area contributed by atoms with Gasteiger partial charge in [-0.3, -0.25) is 14.4 Å². The topological polar surface area (TPSA) is 78.9 Å². The fourth-order valence-corrected chi connectivity index (χ4v) is 6.55. The first kappa shape index (κ1) is 53.4. The molecule has 0 amide bonds. The first-order valence-corrected chi connectivity index (χ1v) is 23.6. The van der Waals surface area contributed by atoms with Crippen molar-refractivity contribution in [3.8, 4) is 0 Å². The summed E-state index contributed by atoms with van der Waals surface area (Å²) in [5, 5.41) is 0. The van der Waals surface area contributed by atoms with Crippen LogP contribution in [0.15, 0.2) is 48.6 Å². The molecular formula is C50H88O6. The van der Waals surface area contributed by atoms with E-state index in [2.05, 4.69) is 69.4 Å². The summed E-state index contributed by atoms with van der Waals surface area (Å²) < 4.78 is 16.6. The van der Waals surface area contributed by atoms with E-state index < -0.39 is 6.10 Å². The molecule has 0 aliphatic carbocycles. The van der Waals surface area contributed by atoms with Crippen LogP contribution in [-0.2, 0) is 28.6 Å². The van der Waals surface area contributed by atoms with Crippen molar-refractivity contribution in [1.82, 2.24) is 0 Å². The van der Waals surface area contributed by atoms with Crippen molar-refractivity contribution in [2.75, 3.05) is 13.2 Å². The number of allylic oxidation sites excluding steroid dienone is 8. The maximum Gasteiger partial charge on any atom is 0.306 e. The molecule has 0 aromatic carbocycles. The molecule has 0 saturated heterocycles. The van der Waals surface area contributed by atoms with Gasteiger partial charge in [0.15, 0.2) is 6.10 Å². The van der Waals surface area contributed by atoms with Crippen LogP contribution in [0.3, 0.4) is 0 Å². The summed E-state index contributed by atoms with van der Waals surface area (Å²) in [4.78, 5) is 37.4. The lowest BCUT2D eigenvalue weighted by atomic mass is 10.1. The zero-order valence-corrected chi connectivity index (χ0v) is 36.9. The predicted molar refractivity (Wildman–Crippen MR) is 238 cm³/mol. The van der Waals surface area contributed by atoms with Gasteiger partial charge in [0.2, 0.25) is 0 Å². The predicted octanol–water partition coefficient (Wildman–Crippen LogP) is 15.1. The number of esters is 3. The molecule has 0 spiro atoms. The van der Waals surface area contributed by atoms with Crippen LogP contribution in [-0.4, -0.2) is 37.2 Å². The lowest BCUT2D eigenvalue weighted by Gasteiger charge is -2.18. The van der Waals surface area contributed by atoms with E-state index in [9.17, 15) is 14.4 Å². The third-order valence-corrected chi connectivity index (χ3v) is 10.1. The zero-order valence-electron chi connectivity index (χ0n) is 36.9. The summed E-state index contributed by atoms with van der Waals surface area (Å²) in [6.45, 7) is 6.42. The molecular weight excluding hydrogens is 697 g/mol. The number of hydrogen-bond acceptors (Lipinski definition) is 6. The largest absolute Gasteiger partial charge is 0.462 e. The number of ether oxygens (including phenoxy) is 3. The Bertz CT molecular complexity index is 996. The second kappa shape index (κ2) is 45.1. The number of hydrogen-bond donors (Lipinski definition) is 0. The monoisotopic (exact) mass is 785 g/mol. The van der Waals surface area contributed by atoms with Gasteiger partial charge in [0, 0.05) is 19.3 Å². The lowest BCUT2D eigenvalue weighted by Crippen LogP contribution is -2.30. The van der Waals surface area contributed by atoms with Crippen molar-refractivity contribution in [2.24, 2.45) is 0 Å². The van der Waals surface area contributed by atoms with Crippen LogP contribution < -0.4 is 0 Å². The van der Waals surface area contributed by atoms with Gasteiger partial charge in [-0.1, -0.05) is 204 Å². The molecule has 0 N–H and O–H groups in total. The first-order valence-electron chi connectivity index (χ1n) is 23.6. The van der Waals surface area contributed by atoms with Crippen LogP contribution in [0.5, 0.6) is 0 Å². The van der Waals surface area contributed by atoms with Crippen LogP contribution in [0.25, 0.3) is 0 Å². The molecule has 0 rings (SSSR count). The standard InChI is InChI=1S/C50H88O6/c1-4-7-10-13-15-17-19-20-21-22-23-24-25-26-27-28-29-30-31-33-34-37-40-43-49(52)55-46-47(45-54-48(51)42-39-36-12-9-6-3)56-50(53)44-41-38-35-32-18-16-14-11-8-5-2/h7,10,15,17,20-21,23-24,47H,4-6,8-9,11-14,16,18-19,22,25-46H2,1-3H3/b10-7-,17-15-,21-20-,24-23-. The molecule has 1 atom stereocenters. The van der Waals surface area contributed by atoms with Gasteiger partial charge in [-0.15, -0.1) is 0 Å². The molecule has 324 valence electrons. The summed E-state index contributed by atoms with van der Waals surface area (Å²) in [5.41, 5.74) is 0. The minimum absolute atomic E-state index is 0.0733. The highest BCUT2D eigenvalue weighted by Gasteiger charge is 2.19. The molecule has 0 bridgehead atoms. The summed E-state index contributed by atoms with van der Waals surface area (Å²) in [6.07, 6.45) is 52.8. The van der Waals surface area contributed by atoms with Gasteiger partial charge in [-0.2, -0.15) is 0 Å². The van der Waals surface area contributed by atoms with Crippen LogP contribution in [0.4, 0.5) is 0 Å². The maximum atomic E-state index is 12.6. The van der Waals surface area contributed by atoms with Crippen molar-refractivity contribution >= 4 is 17.9 Å². The number of carbonyl (C=O) groups is 3. The Morgan fingerprint density at radius 2 is 0.696 bits per heavy atom. The van der Waals surface area contributed by atoms with Gasteiger partial charge in [-0.25, -0.2) is 0 Å². The van der Waals surface area contributed by atoms with Crippen molar-refractivity contribution < 1.29 is 28.6 Å². The van der Waals surface area contributed by atoms with Crippen LogP contribution >= 0.6 is 0 Å². The molecule has 0 aliphatic rings. The Morgan fingerprint density at radius 1 is 0.375 bits per heavy atom. The fraction of sp³-hybridized carbons (Fsp3) is 0.780. The molecule has 0 fully saturated rings. The van der Waals surface area contributed by atoms with Gasteiger partial charge in [-0.05, 0) is 57.8 Å². The van der Waals surface area contributed by atoms with Crippen molar-refractivity contribution in [3.63, 3.8) is 0 Å². The molecule has 56 heavy (non-hydrogen) atoms. The van der Waals surface area contributed by atoms with Gasteiger partial charge in [0.1, 0.15) is 13.2 Å². The minimum atomic E-state index is -0.765. The number of unbranched alkanes of at least 4 members (excludes halogenated alkanes) is 23. The number of carbonyl (C=O) groups excluding carboxylic acids is 3. The van der Waals surface area contributed by atoms with E-state index in [0.29, 0.717) is 19.3 Å². The maximum absolute atomic E-state index is 12.6. The van der Waals surface area contributed by atoms with E-state index in [1.807, 2.05) is 0 Å². The third-order valence-electron chi connectivity index (χ3n) is 10.1. The van der Waals surface area contributed by atoms with E-state index in [0.717, 1.165) is 89.9 Å². The summed E-state index contributed by atoms with van der Waals surface area (Å²) >= 11 is 0. The SMILES string of the molecule is CC/C=C\C/C=C\C/C=C\C/C=C\CCCCCCCCCCCCC(=O)OCC(COC(=O)CCCCCCC)OC(=O)CCCCCCCCCCCC. The lowest BCUT2D eigenvalue weighted by molar-refractivity contribution is -0.167. The van der Waals surface area contributed by atoms with E-state index in [1.165, 1.54) is 103 Å². The Hall–Kier alpha value is -2.63. The Balaban J connectivity index is 4.08. The zero-order chi connectivity index (χ0) is 40.8. The van der Waals surface area contributed by atoms with Crippen LogP contribution in [0, 0.1) is 0 Å². The summed E-state index contributed by atoms with van der Waals surface area (Å²) in [7, 11) is 0. The van der Waals surface area contributed by atoms with Crippen molar-refractivity contribution in [1.29, 1.82) is 0 Å². The smallest absolute Gasteiger partial charge is 0.306 e.